The van der Waals surface area contributed by atoms with Gasteiger partial charge in [-0.25, -0.2) is 0 Å². The number of aliphatic hydroxyl groups excluding tert-OH is 1. The normalized spacial score (nSPS) is 13.4. The van der Waals surface area contributed by atoms with Crippen molar-refractivity contribution in [2.75, 3.05) is 18.1 Å². The molecule has 0 aliphatic rings. The molecule has 0 saturated carbocycles. The van der Waals surface area contributed by atoms with Crippen molar-refractivity contribution >= 4 is 17.7 Å². The van der Waals surface area contributed by atoms with Gasteiger partial charge in [-0.05, 0) is 19.8 Å². The Morgan fingerprint density at radius 2 is 2.07 bits per heavy atom. The van der Waals surface area contributed by atoms with E-state index in [4.69, 9.17) is 10.8 Å². The van der Waals surface area contributed by atoms with Gasteiger partial charge in [-0.1, -0.05) is 18.7 Å². The van der Waals surface area contributed by atoms with Crippen LogP contribution >= 0.6 is 11.8 Å². The third-order valence-corrected chi connectivity index (χ3v) is 3.29. The molecule has 5 nitrogen and oxygen atoms in total. The summed E-state index contributed by atoms with van der Waals surface area (Å²) in [5, 5.41) is 17.6. The van der Waals surface area contributed by atoms with E-state index in [2.05, 4.69) is 10.2 Å². The number of aliphatic hydroxyl groups is 1. The number of nitrogens with two attached hydrogens (primary N) is 1. The molecule has 1 rings (SSSR count). The summed E-state index contributed by atoms with van der Waals surface area (Å²) >= 11 is 1.58. The number of hydrogen-bond acceptors (Lipinski definition) is 5. The second-order valence-electron chi connectivity index (χ2n) is 3.90. The Morgan fingerprint density at radius 3 is 2.60 bits per heavy atom. The van der Waals surface area contributed by atoms with E-state index in [0.29, 0.717) is 5.95 Å². The van der Waals surface area contributed by atoms with Gasteiger partial charge in [0.05, 0.1) is 0 Å². The summed E-state index contributed by atoms with van der Waals surface area (Å²) in [4.78, 5) is 0. The summed E-state index contributed by atoms with van der Waals surface area (Å²) < 4.78 is 1.90. The minimum Gasteiger partial charge on any atom is -0.396 e. The van der Waals surface area contributed by atoms with Crippen molar-refractivity contribution in [2.24, 2.45) is 5.92 Å². The predicted molar refractivity (Wildman–Crippen MR) is 61.8 cm³/mol. The number of aromatic nitrogens is 3. The number of rotatable bonds is 5. The molecule has 6 heteroatoms. The monoisotopic (exact) mass is 230 g/mol. The third-order valence-electron chi connectivity index (χ3n) is 2.02. The molecular formula is C9H18N4OS. The van der Waals surface area contributed by atoms with Gasteiger partial charge in [-0.2, -0.15) is 0 Å². The molecule has 0 radical (unpaired) electrons. The zero-order chi connectivity index (χ0) is 11.4. The predicted octanol–water partition coefficient (Wildman–Crippen LogP) is 1.16. The molecule has 1 unspecified atom stereocenters. The number of nitrogens with zero attached hydrogens (tertiary/aromatic N) is 3. The van der Waals surface area contributed by atoms with E-state index in [9.17, 15) is 0 Å². The zero-order valence-electron chi connectivity index (χ0n) is 9.34. The van der Waals surface area contributed by atoms with Crippen LogP contribution in [0.25, 0.3) is 0 Å². The maximum Gasteiger partial charge on any atom is 0.222 e. The van der Waals surface area contributed by atoms with Gasteiger partial charge >= 0.3 is 0 Å². The van der Waals surface area contributed by atoms with Crippen molar-refractivity contribution < 1.29 is 5.11 Å². The molecule has 1 aromatic rings. The van der Waals surface area contributed by atoms with Crippen molar-refractivity contribution in [3.8, 4) is 0 Å². The lowest BCUT2D eigenvalue weighted by Crippen LogP contribution is -2.09. The Balaban J connectivity index is 2.68. The summed E-state index contributed by atoms with van der Waals surface area (Å²) in [6, 6.07) is 0.256. The Labute approximate surface area is 94.1 Å². The van der Waals surface area contributed by atoms with Gasteiger partial charge < -0.3 is 10.8 Å². The van der Waals surface area contributed by atoms with Crippen molar-refractivity contribution in [3.05, 3.63) is 0 Å². The molecule has 1 atom stereocenters. The lowest BCUT2D eigenvalue weighted by molar-refractivity contribution is 0.250. The zero-order valence-corrected chi connectivity index (χ0v) is 10.2. The van der Waals surface area contributed by atoms with E-state index in [1.807, 2.05) is 25.3 Å². The molecule has 0 bridgehead atoms. The van der Waals surface area contributed by atoms with Crippen LogP contribution in [-0.2, 0) is 0 Å². The average molecular weight is 230 g/mol. The molecule has 0 aromatic carbocycles. The quantitative estimate of drug-likeness (QED) is 0.742. The SMILES string of the molecule is CC(CO)CSc1nnc(N)n1C(C)C. The molecule has 0 aliphatic carbocycles. The van der Waals surface area contributed by atoms with Gasteiger partial charge in [0.25, 0.3) is 0 Å². The van der Waals surface area contributed by atoms with Crippen LogP contribution in [0.4, 0.5) is 5.95 Å². The average Bonchev–Trinajstić information content (AvgIpc) is 2.56. The first-order valence-electron chi connectivity index (χ1n) is 5.00. The van der Waals surface area contributed by atoms with Crippen LogP contribution in [0.2, 0.25) is 0 Å². The summed E-state index contributed by atoms with van der Waals surface area (Å²) in [5.74, 6) is 1.53. The van der Waals surface area contributed by atoms with Gasteiger partial charge in [0.15, 0.2) is 5.16 Å². The second kappa shape index (κ2) is 5.37. The van der Waals surface area contributed by atoms with Gasteiger partial charge in [0.1, 0.15) is 0 Å². The molecule has 0 saturated heterocycles. The van der Waals surface area contributed by atoms with Crippen LogP contribution in [0.1, 0.15) is 26.8 Å². The van der Waals surface area contributed by atoms with Crippen LogP contribution in [-0.4, -0.2) is 32.2 Å². The third kappa shape index (κ3) is 3.10. The van der Waals surface area contributed by atoms with Gasteiger partial charge in [-0.15, -0.1) is 10.2 Å². The molecule has 1 aromatic heterocycles. The Morgan fingerprint density at radius 1 is 1.40 bits per heavy atom. The summed E-state index contributed by atoms with van der Waals surface area (Å²) in [6.07, 6.45) is 0. The molecule has 15 heavy (non-hydrogen) atoms. The first-order chi connectivity index (χ1) is 7.06. The molecule has 86 valence electrons. The number of hydrogen-bond donors (Lipinski definition) is 2. The molecule has 3 N–H and O–H groups in total. The molecule has 0 aliphatic heterocycles. The Bertz CT molecular complexity index is 313. The molecule has 0 amide bonds. The molecule has 1 heterocycles. The van der Waals surface area contributed by atoms with Crippen molar-refractivity contribution in [1.29, 1.82) is 0 Å². The lowest BCUT2D eigenvalue weighted by Gasteiger charge is -2.12. The first kappa shape index (κ1) is 12.3. The highest BCUT2D eigenvalue weighted by Crippen LogP contribution is 2.23. The molecule has 0 fully saturated rings. The standard InChI is InChI=1S/C9H18N4OS/c1-6(2)13-8(10)11-12-9(13)15-5-7(3)4-14/h6-7,14H,4-5H2,1-3H3,(H2,10,11). The van der Waals surface area contributed by atoms with E-state index < -0.39 is 0 Å². The Kier molecular flexibility index (Phi) is 4.41. The lowest BCUT2D eigenvalue weighted by atomic mass is 10.2. The summed E-state index contributed by atoms with van der Waals surface area (Å²) in [7, 11) is 0. The number of anilines is 1. The number of thioether (sulfide) groups is 1. The minimum atomic E-state index is 0.193. The van der Waals surface area contributed by atoms with Crippen molar-refractivity contribution in [2.45, 2.75) is 32.0 Å². The maximum absolute atomic E-state index is 8.92. The summed E-state index contributed by atoms with van der Waals surface area (Å²) in [5.41, 5.74) is 5.71. The first-order valence-corrected chi connectivity index (χ1v) is 5.98. The van der Waals surface area contributed by atoms with E-state index in [0.717, 1.165) is 10.9 Å². The molecular weight excluding hydrogens is 212 g/mol. The highest BCUT2D eigenvalue weighted by atomic mass is 32.2. The largest absolute Gasteiger partial charge is 0.396 e. The van der Waals surface area contributed by atoms with Crippen LogP contribution in [0.15, 0.2) is 5.16 Å². The van der Waals surface area contributed by atoms with Crippen LogP contribution in [0, 0.1) is 5.92 Å². The minimum absolute atomic E-state index is 0.193. The van der Waals surface area contributed by atoms with Crippen molar-refractivity contribution in [3.63, 3.8) is 0 Å². The van der Waals surface area contributed by atoms with E-state index in [1.165, 1.54) is 0 Å². The maximum atomic E-state index is 8.92. The van der Waals surface area contributed by atoms with E-state index in [1.54, 1.807) is 11.8 Å². The highest BCUT2D eigenvalue weighted by molar-refractivity contribution is 7.99. The van der Waals surface area contributed by atoms with Crippen LogP contribution < -0.4 is 5.73 Å². The fraction of sp³-hybridized carbons (Fsp3) is 0.778. The second-order valence-corrected chi connectivity index (χ2v) is 4.89. The fourth-order valence-corrected chi connectivity index (χ4v) is 2.22. The summed E-state index contributed by atoms with van der Waals surface area (Å²) in [6.45, 7) is 6.27. The smallest absolute Gasteiger partial charge is 0.222 e. The number of nitrogen functional groups attached to an aromatic ring is 1. The van der Waals surface area contributed by atoms with Gasteiger partial charge in [0.2, 0.25) is 5.95 Å². The Hall–Kier alpha value is -0.750. The molecule has 0 spiro atoms. The highest BCUT2D eigenvalue weighted by Gasteiger charge is 2.13. The van der Waals surface area contributed by atoms with Crippen molar-refractivity contribution in [1.82, 2.24) is 14.8 Å². The van der Waals surface area contributed by atoms with Crippen LogP contribution in [0.3, 0.4) is 0 Å². The van der Waals surface area contributed by atoms with E-state index in [-0.39, 0.29) is 18.6 Å². The van der Waals surface area contributed by atoms with E-state index >= 15 is 0 Å². The van der Waals surface area contributed by atoms with Gasteiger partial charge in [0, 0.05) is 18.4 Å². The topological polar surface area (TPSA) is 77.0 Å². The van der Waals surface area contributed by atoms with Gasteiger partial charge in [-0.3, -0.25) is 4.57 Å². The fourth-order valence-electron chi connectivity index (χ4n) is 1.14. The van der Waals surface area contributed by atoms with Crippen LogP contribution in [0.5, 0.6) is 0 Å².